The summed E-state index contributed by atoms with van der Waals surface area (Å²) < 4.78 is 0. The van der Waals surface area contributed by atoms with Crippen molar-refractivity contribution in [2.45, 2.75) is 0 Å². The molecule has 0 aliphatic carbocycles. The summed E-state index contributed by atoms with van der Waals surface area (Å²) in [6.45, 7) is 0. The van der Waals surface area contributed by atoms with Crippen molar-refractivity contribution in [2.75, 3.05) is 0 Å². The first-order valence-corrected chi connectivity index (χ1v) is 3.41. The highest BCUT2D eigenvalue weighted by Crippen LogP contribution is 2.05. The predicted octanol–water partition coefficient (Wildman–Crippen LogP) is 0.160. The van der Waals surface area contributed by atoms with Crippen molar-refractivity contribution in [1.82, 2.24) is 19.9 Å². The van der Waals surface area contributed by atoms with Gasteiger partial charge in [0.25, 0.3) is 5.56 Å². The maximum atomic E-state index is 10.9. The Morgan fingerprint density at radius 2 is 2.25 bits per heavy atom. The molecule has 12 heavy (non-hydrogen) atoms. The van der Waals surface area contributed by atoms with Crippen molar-refractivity contribution in [3.63, 3.8) is 0 Å². The third-order valence-corrected chi connectivity index (χ3v) is 1.41. The molecule has 0 radical (unpaired) electrons. The molecule has 2 rings (SSSR count). The minimum atomic E-state index is -0.178. The number of H-pyrrole nitrogens is 2. The van der Waals surface area contributed by atoms with E-state index in [2.05, 4.69) is 19.9 Å². The SMILES string of the molecule is O=c1ccnc(-c2c[nH]cn2)[nH]1. The third kappa shape index (κ3) is 1.12. The van der Waals surface area contributed by atoms with E-state index >= 15 is 0 Å². The van der Waals surface area contributed by atoms with Gasteiger partial charge in [-0.2, -0.15) is 0 Å². The first-order valence-electron chi connectivity index (χ1n) is 3.41. The minimum Gasteiger partial charge on any atom is -0.350 e. The lowest BCUT2D eigenvalue weighted by Crippen LogP contribution is -2.05. The number of imidazole rings is 1. The number of aromatic amines is 2. The number of nitrogens with zero attached hydrogens (tertiary/aromatic N) is 2. The Hall–Kier alpha value is -1.91. The molecule has 2 N–H and O–H groups in total. The lowest BCUT2D eigenvalue weighted by atomic mass is 10.4. The molecule has 0 aliphatic rings. The molecule has 0 aliphatic heterocycles. The van der Waals surface area contributed by atoms with Crippen molar-refractivity contribution in [3.05, 3.63) is 35.1 Å². The average molecular weight is 162 g/mol. The van der Waals surface area contributed by atoms with E-state index in [1.807, 2.05) is 0 Å². The standard InChI is InChI=1S/C7H6N4O/c12-6-1-2-9-7(11-6)5-3-8-4-10-5/h1-4H,(H,8,10)(H,9,11,12). The molecule has 0 saturated carbocycles. The lowest BCUT2D eigenvalue weighted by molar-refractivity contribution is 1.11. The average Bonchev–Trinajstić information content (AvgIpc) is 2.56. The van der Waals surface area contributed by atoms with Gasteiger partial charge in [0.15, 0.2) is 5.82 Å². The number of hydrogen-bond acceptors (Lipinski definition) is 3. The summed E-state index contributed by atoms with van der Waals surface area (Å²) in [7, 11) is 0. The lowest BCUT2D eigenvalue weighted by Gasteiger charge is -1.91. The van der Waals surface area contributed by atoms with E-state index in [9.17, 15) is 4.79 Å². The van der Waals surface area contributed by atoms with Crippen molar-refractivity contribution in [1.29, 1.82) is 0 Å². The van der Waals surface area contributed by atoms with Crippen LogP contribution in [0.2, 0.25) is 0 Å². The maximum Gasteiger partial charge on any atom is 0.251 e. The Bertz CT molecular complexity index is 417. The zero-order valence-electron chi connectivity index (χ0n) is 6.11. The molecule has 0 amide bonds. The highest BCUT2D eigenvalue weighted by Gasteiger charge is 1.99. The van der Waals surface area contributed by atoms with Crippen LogP contribution in [0.25, 0.3) is 11.5 Å². The van der Waals surface area contributed by atoms with Crippen LogP contribution < -0.4 is 5.56 Å². The molecule has 0 bridgehead atoms. The van der Waals surface area contributed by atoms with Gasteiger partial charge in [0.2, 0.25) is 0 Å². The van der Waals surface area contributed by atoms with E-state index in [1.54, 1.807) is 6.20 Å². The van der Waals surface area contributed by atoms with Gasteiger partial charge in [-0.05, 0) is 0 Å². The second-order valence-corrected chi connectivity index (χ2v) is 2.24. The summed E-state index contributed by atoms with van der Waals surface area (Å²) in [6.07, 6.45) is 4.64. The van der Waals surface area contributed by atoms with E-state index in [-0.39, 0.29) is 5.56 Å². The van der Waals surface area contributed by atoms with E-state index < -0.39 is 0 Å². The highest BCUT2D eigenvalue weighted by molar-refractivity contribution is 5.45. The van der Waals surface area contributed by atoms with Crippen LogP contribution in [0.4, 0.5) is 0 Å². The van der Waals surface area contributed by atoms with Crippen LogP contribution in [0.3, 0.4) is 0 Å². The monoisotopic (exact) mass is 162 g/mol. The molecule has 0 atom stereocenters. The molecule has 2 aromatic heterocycles. The molecule has 2 aromatic rings. The van der Waals surface area contributed by atoms with Crippen LogP contribution in [-0.4, -0.2) is 19.9 Å². The molecule has 0 unspecified atom stereocenters. The molecule has 0 aromatic carbocycles. The molecular formula is C7H6N4O. The minimum absolute atomic E-state index is 0.178. The molecule has 0 saturated heterocycles. The van der Waals surface area contributed by atoms with Gasteiger partial charge in [0.1, 0.15) is 5.69 Å². The normalized spacial score (nSPS) is 10.0. The molecule has 5 nitrogen and oxygen atoms in total. The summed E-state index contributed by atoms with van der Waals surface area (Å²) in [5.41, 5.74) is 0.454. The van der Waals surface area contributed by atoms with Gasteiger partial charge in [0, 0.05) is 18.5 Å². The van der Waals surface area contributed by atoms with Gasteiger partial charge in [-0.3, -0.25) is 4.79 Å². The zero-order valence-corrected chi connectivity index (χ0v) is 6.11. The number of rotatable bonds is 1. The van der Waals surface area contributed by atoms with Gasteiger partial charge in [-0.1, -0.05) is 0 Å². The zero-order chi connectivity index (χ0) is 8.39. The van der Waals surface area contributed by atoms with Crippen LogP contribution in [0, 0.1) is 0 Å². The summed E-state index contributed by atoms with van der Waals surface area (Å²) in [4.78, 5) is 24.1. The highest BCUT2D eigenvalue weighted by atomic mass is 16.1. The van der Waals surface area contributed by atoms with Crippen molar-refractivity contribution in [2.24, 2.45) is 0 Å². The number of nitrogens with one attached hydrogen (secondary N) is 2. The fraction of sp³-hybridized carbons (Fsp3) is 0. The van der Waals surface area contributed by atoms with Gasteiger partial charge in [-0.25, -0.2) is 9.97 Å². The second-order valence-electron chi connectivity index (χ2n) is 2.24. The quantitative estimate of drug-likeness (QED) is 0.627. The van der Waals surface area contributed by atoms with Gasteiger partial charge in [0.05, 0.1) is 6.33 Å². The van der Waals surface area contributed by atoms with Crippen molar-refractivity contribution in [3.8, 4) is 11.5 Å². The van der Waals surface area contributed by atoms with Gasteiger partial charge < -0.3 is 9.97 Å². The first kappa shape index (κ1) is 6.78. The summed E-state index contributed by atoms with van der Waals surface area (Å²) in [5.74, 6) is 0.476. The van der Waals surface area contributed by atoms with Crippen molar-refractivity contribution >= 4 is 0 Å². The Balaban J connectivity index is 2.55. The second kappa shape index (κ2) is 2.61. The van der Waals surface area contributed by atoms with E-state index in [4.69, 9.17) is 0 Å². The maximum absolute atomic E-state index is 10.9. The largest absolute Gasteiger partial charge is 0.350 e. The van der Waals surface area contributed by atoms with Crippen LogP contribution in [0.15, 0.2) is 29.6 Å². The molecule has 0 fully saturated rings. The topological polar surface area (TPSA) is 74.4 Å². The van der Waals surface area contributed by atoms with Crippen molar-refractivity contribution < 1.29 is 0 Å². The number of aromatic nitrogens is 4. The predicted molar refractivity (Wildman–Crippen MR) is 42.4 cm³/mol. The van der Waals surface area contributed by atoms with Crippen LogP contribution in [-0.2, 0) is 0 Å². The van der Waals surface area contributed by atoms with Gasteiger partial charge >= 0.3 is 0 Å². The molecule has 2 heterocycles. The fourth-order valence-electron chi connectivity index (χ4n) is 0.890. The van der Waals surface area contributed by atoms with E-state index in [1.165, 1.54) is 18.6 Å². The summed E-state index contributed by atoms with van der Waals surface area (Å²) in [5, 5.41) is 0. The number of hydrogen-bond donors (Lipinski definition) is 2. The van der Waals surface area contributed by atoms with Gasteiger partial charge in [-0.15, -0.1) is 0 Å². The Labute approximate surface area is 67.5 Å². The third-order valence-electron chi connectivity index (χ3n) is 1.41. The van der Waals surface area contributed by atoms with Crippen LogP contribution in [0.5, 0.6) is 0 Å². The Morgan fingerprint density at radius 3 is 2.92 bits per heavy atom. The first-order chi connectivity index (χ1) is 5.86. The molecule has 60 valence electrons. The summed E-state index contributed by atoms with van der Waals surface area (Å²) >= 11 is 0. The molecule has 5 heteroatoms. The van der Waals surface area contributed by atoms with Crippen LogP contribution in [0.1, 0.15) is 0 Å². The fourth-order valence-corrected chi connectivity index (χ4v) is 0.890. The Kier molecular flexibility index (Phi) is 1.48. The summed E-state index contributed by atoms with van der Waals surface area (Å²) in [6, 6.07) is 1.36. The van der Waals surface area contributed by atoms with E-state index in [0.717, 1.165) is 0 Å². The van der Waals surface area contributed by atoms with Crippen LogP contribution >= 0.6 is 0 Å². The molecule has 0 spiro atoms. The Morgan fingerprint density at radius 1 is 1.33 bits per heavy atom. The molecular weight excluding hydrogens is 156 g/mol. The smallest absolute Gasteiger partial charge is 0.251 e. The van der Waals surface area contributed by atoms with E-state index in [0.29, 0.717) is 11.5 Å².